The lowest BCUT2D eigenvalue weighted by molar-refractivity contribution is -0.0143. The molecule has 0 aromatic carbocycles. The Morgan fingerprint density at radius 2 is 1.76 bits per heavy atom. The molecule has 2 unspecified atom stereocenters. The summed E-state index contributed by atoms with van der Waals surface area (Å²) in [5.74, 6) is 0. The van der Waals surface area contributed by atoms with Crippen molar-refractivity contribution in [2.45, 2.75) is 57.2 Å². The van der Waals surface area contributed by atoms with Crippen molar-refractivity contribution in [3.8, 4) is 0 Å². The second-order valence-corrected chi connectivity index (χ2v) is 6.17. The van der Waals surface area contributed by atoms with Crippen LogP contribution in [0.2, 0.25) is 0 Å². The highest BCUT2D eigenvalue weighted by Crippen LogP contribution is 2.27. The van der Waals surface area contributed by atoms with Gasteiger partial charge in [-0.05, 0) is 52.2 Å². The number of hydrogen-bond acceptors (Lipinski definition) is 3. The van der Waals surface area contributed by atoms with E-state index in [2.05, 4.69) is 22.0 Å². The molecule has 0 saturated carbocycles. The van der Waals surface area contributed by atoms with Gasteiger partial charge in [-0.15, -0.1) is 0 Å². The monoisotopic (exact) mass is 237 g/mol. The zero-order valence-corrected chi connectivity index (χ0v) is 11.2. The van der Waals surface area contributed by atoms with Gasteiger partial charge in [0.2, 0.25) is 0 Å². The smallest absolute Gasteiger partial charge is 0.0224 e. The molecule has 17 heavy (non-hydrogen) atoms. The van der Waals surface area contributed by atoms with Gasteiger partial charge in [0.15, 0.2) is 0 Å². The van der Waals surface area contributed by atoms with Crippen molar-refractivity contribution in [2.75, 3.05) is 32.7 Å². The summed E-state index contributed by atoms with van der Waals surface area (Å²) in [6, 6.07) is 2.50. The van der Waals surface area contributed by atoms with E-state index in [-0.39, 0.29) is 0 Å². The zero-order chi connectivity index (χ0) is 11.7. The van der Waals surface area contributed by atoms with Crippen molar-refractivity contribution in [1.82, 2.24) is 15.1 Å². The van der Waals surface area contributed by atoms with Gasteiger partial charge in [0, 0.05) is 31.2 Å². The summed E-state index contributed by atoms with van der Waals surface area (Å²) in [6.07, 6.45) is 7.04. The van der Waals surface area contributed by atoms with Gasteiger partial charge < -0.3 is 5.32 Å². The van der Waals surface area contributed by atoms with Gasteiger partial charge in [0.25, 0.3) is 0 Å². The average molecular weight is 237 g/mol. The van der Waals surface area contributed by atoms with Crippen LogP contribution in [-0.4, -0.2) is 60.6 Å². The molecule has 0 aliphatic carbocycles. The fourth-order valence-corrected chi connectivity index (χ4v) is 4.02. The van der Waals surface area contributed by atoms with Crippen LogP contribution in [0.4, 0.5) is 0 Å². The molecule has 3 fully saturated rings. The molecule has 0 aromatic heterocycles. The van der Waals surface area contributed by atoms with Crippen LogP contribution in [0.5, 0.6) is 0 Å². The Balaban J connectivity index is 1.64. The fourth-order valence-electron chi connectivity index (χ4n) is 4.02. The summed E-state index contributed by atoms with van der Waals surface area (Å²) in [5, 5.41) is 3.49. The molecule has 3 heteroatoms. The van der Waals surface area contributed by atoms with Crippen molar-refractivity contribution < 1.29 is 0 Å². The first-order valence-electron chi connectivity index (χ1n) is 7.55. The van der Waals surface area contributed by atoms with Crippen molar-refractivity contribution in [1.29, 1.82) is 0 Å². The first-order valence-corrected chi connectivity index (χ1v) is 7.55. The van der Waals surface area contributed by atoms with E-state index in [0.717, 1.165) is 18.1 Å². The van der Waals surface area contributed by atoms with E-state index < -0.39 is 0 Å². The van der Waals surface area contributed by atoms with E-state index in [0.29, 0.717) is 0 Å². The Hall–Kier alpha value is -0.120. The van der Waals surface area contributed by atoms with Crippen LogP contribution in [-0.2, 0) is 0 Å². The van der Waals surface area contributed by atoms with E-state index in [1.807, 2.05) is 0 Å². The number of piperidine rings is 2. The Labute approximate surface area is 106 Å². The van der Waals surface area contributed by atoms with Crippen LogP contribution in [0.25, 0.3) is 0 Å². The van der Waals surface area contributed by atoms with E-state index in [1.165, 1.54) is 64.8 Å². The first kappa shape index (κ1) is 11.9. The van der Waals surface area contributed by atoms with Crippen LogP contribution in [0.1, 0.15) is 39.0 Å². The molecule has 3 rings (SSSR count). The van der Waals surface area contributed by atoms with Crippen molar-refractivity contribution in [3.05, 3.63) is 0 Å². The maximum absolute atomic E-state index is 3.49. The van der Waals surface area contributed by atoms with Crippen molar-refractivity contribution >= 4 is 0 Å². The molecule has 3 aliphatic heterocycles. The highest BCUT2D eigenvalue weighted by atomic mass is 15.3. The lowest BCUT2D eigenvalue weighted by Crippen LogP contribution is -2.62. The topological polar surface area (TPSA) is 18.5 Å². The molecule has 2 atom stereocenters. The molecule has 1 N–H and O–H groups in total. The summed E-state index contributed by atoms with van der Waals surface area (Å²) in [4.78, 5) is 5.58. The van der Waals surface area contributed by atoms with E-state index in [9.17, 15) is 0 Å². The molecule has 3 aliphatic rings. The summed E-state index contributed by atoms with van der Waals surface area (Å²) in [6.45, 7) is 8.90. The molecular formula is C14H27N3. The SMILES string of the molecule is CC1CN2CCCCC2CN1C1CCNCC1. The predicted molar refractivity (Wildman–Crippen MR) is 71.3 cm³/mol. The maximum Gasteiger partial charge on any atom is 0.0224 e. The zero-order valence-electron chi connectivity index (χ0n) is 11.2. The summed E-state index contributed by atoms with van der Waals surface area (Å²) >= 11 is 0. The van der Waals surface area contributed by atoms with Gasteiger partial charge in [0.05, 0.1) is 0 Å². The predicted octanol–water partition coefficient (Wildman–Crippen LogP) is 1.30. The lowest BCUT2D eigenvalue weighted by Gasteiger charge is -2.50. The largest absolute Gasteiger partial charge is 0.317 e. The third-order valence-electron chi connectivity index (χ3n) is 5.01. The van der Waals surface area contributed by atoms with E-state index in [1.54, 1.807) is 0 Å². The van der Waals surface area contributed by atoms with Crippen LogP contribution < -0.4 is 5.32 Å². The summed E-state index contributed by atoms with van der Waals surface area (Å²) in [5.41, 5.74) is 0. The molecule has 0 bridgehead atoms. The molecule has 0 aromatic rings. The van der Waals surface area contributed by atoms with E-state index in [4.69, 9.17) is 0 Å². The molecule has 0 radical (unpaired) electrons. The third kappa shape index (κ3) is 2.51. The number of rotatable bonds is 1. The first-order chi connectivity index (χ1) is 8.34. The van der Waals surface area contributed by atoms with Crippen LogP contribution >= 0.6 is 0 Å². The Morgan fingerprint density at radius 3 is 2.59 bits per heavy atom. The Bertz CT molecular complexity index is 250. The summed E-state index contributed by atoms with van der Waals surface area (Å²) in [7, 11) is 0. The van der Waals surface area contributed by atoms with Crippen LogP contribution in [0.15, 0.2) is 0 Å². The van der Waals surface area contributed by atoms with Crippen molar-refractivity contribution in [3.63, 3.8) is 0 Å². The third-order valence-corrected chi connectivity index (χ3v) is 5.01. The number of nitrogens with zero attached hydrogens (tertiary/aromatic N) is 2. The molecule has 0 amide bonds. The Kier molecular flexibility index (Phi) is 3.69. The van der Waals surface area contributed by atoms with E-state index >= 15 is 0 Å². The van der Waals surface area contributed by atoms with Gasteiger partial charge in [-0.2, -0.15) is 0 Å². The lowest BCUT2D eigenvalue weighted by atomic mass is 9.94. The van der Waals surface area contributed by atoms with Gasteiger partial charge in [-0.1, -0.05) is 6.42 Å². The molecule has 3 nitrogen and oxygen atoms in total. The van der Waals surface area contributed by atoms with Gasteiger partial charge >= 0.3 is 0 Å². The quantitative estimate of drug-likeness (QED) is 0.741. The normalized spacial score (nSPS) is 37.9. The molecule has 3 saturated heterocycles. The van der Waals surface area contributed by atoms with Crippen molar-refractivity contribution in [2.24, 2.45) is 0 Å². The summed E-state index contributed by atoms with van der Waals surface area (Å²) < 4.78 is 0. The number of nitrogens with one attached hydrogen (secondary N) is 1. The number of hydrogen-bond donors (Lipinski definition) is 1. The second kappa shape index (κ2) is 5.25. The van der Waals surface area contributed by atoms with Gasteiger partial charge in [-0.25, -0.2) is 0 Å². The second-order valence-electron chi connectivity index (χ2n) is 6.17. The number of fused-ring (bicyclic) bond motifs is 1. The van der Waals surface area contributed by atoms with Crippen LogP contribution in [0.3, 0.4) is 0 Å². The van der Waals surface area contributed by atoms with Crippen LogP contribution in [0, 0.1) is 0 Å². The van der Waals surface area contributed by atoms with Gasteiger partial charge in [0.1, 0.15) is 0 Å². The highest BCUT2D eigenvalue weighted by Gasteiger charge is 2.36. The maximum atomic E-state index is 3.49. The fraction of sp³-hybridized carbons (Fsp3) is 1.00. The molecule has 3 heterocycles. The minimum Gasteiger partial charge on any atom is -0.317 e. The van der Waals surface area contributed by atoms with Gasteiger partial charge in [-0.3, -0.25) is 9.80 Å². The number of piperazine rings is 1. The molecule has 0 spiro atoms. The Morgan fingerprint density at radius 1 is 0.941 bits per heavy atom. The average Bonchev–Trinajstić information content (AvgIpc) is 2.39. The minimum absolute atomic E-state index is 0.771. The molecular weight excluding hydrogens is 210 g/mol. The minimum atomic E-state index is 0.771. The highest BCUT2D eigenvalue weighted by molar-refractivity contribution is 4.92. The molecule has 98 valence electrons. The standard InChI is InChI=1S/C14H27N3/c1-12-10-16-9-3-2-4-14(16)11-17(12)13-5-7-15-8-6-13/h12-15H,2-11H2,1H3.